The average Bonchev–Trinajstić information content (AvgIpc) is 3.21. The second-order valence-corrected chi connectivity index (χ2v) is 7.29. The first-order valence-corrected chi connectivity index (χ1v) is 8.39. The van der Waals surface area contributed by atoms with Crippen LogP contribution in [-0.4, -0.2) is 43.4 Å². The predicted octanol–water partition coefficient (Wildman–Crippen LogP) is 2.33. The van der Waals surface area contributed by atoms with E-state index in [-0.39, 0.29) is 0 Å². The van der Waals surface area contributed by atoms with Gasteiger partial charge in [0, 0.05) is 29.5 Å². The maximum absolute atomic E-state index is 4.81. The molecule has 1 saturated heterocycles. The van der Waals surface area contributed by atoms with Crippen LogP contribution in [0.5, 0.6) is 0 Å². The molecule has 2 aliphatic rings. The number of fused-ring (bicyclic) bond motifs is 1. The first kappa shape index (κ1) is 12.4. The molecule has 2 unspecified atom stereocenters. The summed E-state index contributed by atoms with van der Waals surface area (Å²) in [5.41, 5.74) is 0.864. The summed E-state index contributed by atoms with van der Waals surface area (Å²) in [4.78, 5) is 2.41. The molecule has 5 nitrogen and oxygen atoms in total. The van der Waals surface area contributed by atoms with E-state index in [0.29, 0.717) is 17.2 Å². The minimum atomic E-state index is 0.513. The van der Waals surface area contributed by atoms with Crippen LogP contribution in [0.25, 0.3) is 5.65 Å². The van der Waals surface area contributed by atoms with Gasteiger partial charge in [-0.15, -0.1) is 15.3 Å². The lowest BCUT2D eigenvalue weighted by Crippen LogP contribution is -2.45. The van der Waals surface area contributed by atoms with E-state index in [1.807, 2.05) is 22.3 Å². The second-order valence-electron chi connectivity index (χ2n) is 5.80. The van der Waals surface area contributed by atoms with Crippen molar-refractivity contribution < 1.29 is 0 Å². The number of anilines is 1. The molecule has 20 heavy (non-hydrogen) atoms. The lowest BCUT2D eigenvalue weighted by atomic mass is 10.2. The second kappa shape index (κ2) is 4.62. The van der Waals surface area contributed by atoms with Crippen LogP contribution in [-0.2, 0) is 0 Å². The van der Waals surface area contributed by atoms with Gasteiger partial charge >= 0.3 is 0 Å². The molecule has 0 amide bonds. The molecule has 2 aromatic rings. The number of rotatable bonds is 2. The van der Waals surface area contributed by atoms with Crippen molar-refractivity contribution in [3.63, 3.8) is 0 Å². The molecule has 1 aliphatic carbocycles. The van der Waals surface area contributed by atoms with E-state index < -0.39 is 0 Å². The number of hydrogen-bond donors (Lipinski definition) is 0. The molecule has 2 atom stereocenters. The van der Waals surface area contributed by atoms with Gasteiger partial charge in [0.25, 0.3) is 0 Å². The SMILES string of the molecule is CC1SCCN(c2ccc3nnc(C4CC4)n3n2)C1C. The lowest BCUT2D eigenvalue weighted by molar-refractivity contribution is 0.612. The zero-order valence-corrected chi connectivity index (χ0v) is 12.7. The molecule has 0 radical (unpaired) electrons. The van der Waals surface area contributed by atoms with E-state index in [9.17, 15) is 0 Å². The third kappa shape index (κ3) is 1.97. The Morgan fingerprint density at radius 3 is 2.85 bits per heavy atom. The van der Waals surface area contributed by atoms with Gasteiger partial charge in [-0.05, 0) is 31.9 Å². The van der Waals surface area contributed by atoms with Crippen LogP contribution >= 0.6 is 11.8 Å². The molecule has 0 spiro atoms. The minimum absolute atomic E-state index is 0.513. The highest BCUT2D eigenvalue weighted by atomic mass is 32.2. The van der Waals surface area contributed by atoms with E-state index in [1.165, 1.54) is 18.6 Å². The van der Waals surface area contributed by atoms with Crippen molar-refractivity contribution in [1.82, 2.24) is 19.8 Å². The number of hydrogen-bond acceptors (Lipinski definition) is 5. The van der Waals surface area contributed by atoms with Crippen LogP contribution < -0.4 is 4.90 Å². The molecule has 0 bridgehead atoms. The smallest absolute Gasteiger partial charge is 0.178 e. The molecular weight excluding hydrogens is 270 g/mol. The molecule has 2 fully saturated rings. The molecule has 3 heterocycles. The van der Waals surface area contributed by atoms with Gasteiger partial charge in [-0.3, -0.25) is 0 Å². The Bertz CT molecular complexity index is 636. The Labute approximate surface area is 122 Å². The Morgan fingerprint density at radius 1 is 1.20 bits per heavy atom. The van der Waals surface area contributed by atoms with Gasteiger partial charge in [-0.1, -0.05) is 6.92 Å². The van der Waals surface area contributed by atoms with Crippen molar-refractivity contribution in [2.24, 2.45) is 0 Å². The quantitative estimate of drug-likeness (QED) is 0.849. The highest BCUT2D eigenvalue weighted by Crippen LogP contribution is 2.39. The van der Waals surface area contributed by atoms with Gasteiger partial charge in [0.1, 0.15) is 5.82 Å². The Balaban J connectivity index is 1.74. The average molecular weight is 289 g/mol. The van der Waals surface area contributed by atoms with Crippen LogP contribution in [0.15, 0.2) is 12.1 Å². The van der Waals surface area contributed by atoms with Crippen LogP contribution in [0.4, 0.5) is 5.82 Å². The van der Waals surface area contributed by atoms with Gasteiger partial charge in [0.15, 0.2) is 11.5 Å². The van der Waals surface area contributed by atoms with E-state index in [1.54, 1.807) is 0 Å². The number of nitrogens with zero attached hydrogens (tertiary/aromatic N) is 5. The summed E-state index contributed by atoms with van der Waals surface area (Å²) in [5.74, 6) is 3.83. The van der Waals surface area contributed by atoms with Crippen molar-refractivity contribution in [2.75, 3.05) is 17.2 Å². The predicted molar refractivity (Wildman–Crippen MR) is 81.5 cm³/mol. The molecule has 0 aromatic carbocycles. The van der Waals surface area contributed by atoms with E-state index in [0.717, 1.165) is 23.8 Å². The fourth-order valence-corrected chi connectivity index (χ4v) is 3.90. The van der Waals surface area contributed by atoms with Crippen molar-refractivity contribution in [3.05, 3.63) is 18.0 Å². The highest BCUT2D eigenvalue weighted by Gasteiger charge is 2.30. The fourth-order valence-electron chi connectivity index (χ4n) is 2.80. The van der Waals surface area contributed by atoms with E-state index >= 15 is 0 Å². The molecule has 2 aromatic heterocycles. The Morgan fingerprint density at radius 2 is 2.05 bits per heavy atom. The summed E-state index contributed by atoms with van der Waals surface area (Å²) < 4.78 is 1.95. The molecule has 4 rings (SSSR count). The van der Waals surface area contributed by atoms with Gasteiger partial charge < -0.3 is 4.90 Å². The molecular formula is C14H19N5S. The fraction of sp³-hybridized carbons (Fsp3) is 0.643. The zero-order valence-electron chi connectivity index (χ0n) is 11.9. The summed E-state index contributed by atoms with van der Waals surface area (Å²) >= 11 is 2.05. The van der Waals surface area contributed by atoms with Crippen molar-refractivity contribution in [1.29, 1.82) is 0 Å². The standard InChI is InChI=1S/C14H19N5S/c1-9-10(2)20-8-7-18(9)13-6-5-12-15-16-14(11-3-4-11)19(12)17-13/h5-6,9-11H,3-4,7-8H2,1-2H3. The molecule has 106 valence electrons. The Hall–Kier alpha value is -1.30. The van der Waals surface area contributed by atoms with E-state index in [4.69, 9.17) is 5.10 Å². The minimum Gasteiger partial charge on any atom is -0.351 e. The third-order valence-electron chi connectivity index (χ3n) is 4.39. The highest BCUT2D eigenvalue weighted by molar-refractivity contribution is 8.00. The van der Waals surface area contributed by atoms with Gasteiger partial charge in [0.05, 0.1) is 0 Å². The third-order valence-corrected chi connectivity index (χ3v) is 5.73. The van der Waals surface area contributed by atoms with Crippen molar-refractivity contribution in [3.8, 4) is 0 Å². The van der Waals surface area contributed by atoms with E-state index in [2.05, 4.69) is 35.0 Å². The van der Waals surface area contributed by atoms with Crippen molar-refractivity contribution in [2.45, 2.75) is 43.9 Å². The summed E-state index contributed by atoms with van der Waals surface area (Å²) in [7, 11) is 0. The van der Waals surface area contributed by atoms with Crippen LogP contribution in [0.3, 0.4) is 0 Å². The van der Waals surface area contributed by atoms with Crippen LogP contribution in [0.2, 0.25) is 0 Å². The first-order chi connectivity index (χ1) is 9.74. The number of aromatic nitrogens is 4. The Kier molecular flexibility index (Phi) is 2.87. The normalized spacial score (nSPS) is 27.2. The topological polar surface area (TPSA) is 46.3 Å². The number of thioether (sulfide) groups is 1. The summed E-state index contributed by atoms with van der Waals surface area (Å²) in [6.45, 7) is 5.65. The molecule has 0 N–H and O–H groups in total. The molecule has 1 saturated carbocycles. The van der Waals surface area contributed by atoms with Crippen molar-refractivity contribution >= 4 is 23.2 Å². The zero-order chi connectivity index (χ0) is 13.7. The maximum atomic E-state index is 4.81. The summed E-state index contributed by atoms with van der Waals surface area (Å²) in [6, 6.07) is 4.64. The van der Waals surface area contributed by atoms with Gasteiger partial charge in [-0.25, -0.2) is 0 Å². The first-order valence-electron chi connectivity index (χ1n) is 7.34. The van der Waals surface area contributed by atoms with Crippen LogP contribution in [0, 0.1) is 0 Å². The van der Waals surface area contributed by atoms with Crippen LogP contribution in [0.1, 0.15) is 38.4 Å². The largest absolute Gasteiger partial charge is 0.351 e. The lowest BCUT2D eigenvalue weighted by Gasteiger charge is -2.38. The summed E-state index contributed by atoms with van der Waals surface area (Å²) in [6.07, 6.45) is 2.45. The molecule has 6 heteroatoms. The van der Waals surface area contributed by atoms with Gasteiger partial charge in [-0.2, -0.15) is 16.3 Å². The monoisotopic (exact) mass is 289 g/mol. The molecule has 1 aliphatic heterocycles. The van der Waals surface area contributed by atoms with Gasteiger partial charge in [0.2, 0.25) is 0 Å². The summed E-state index contributed by atoms with van der Waals surface area (Å²) in [5, 5.41) is 14.0. The maximum Gasteiger partial charge on any atom is 0.178 e.